The average molecular weight is 467 g/mol. The number of anilines is 1. The van der Waals surface area contributed by atoms with Crippen molar-refractivity contribution >= 4 is 31.3 Å². The number of carbonyl (C=O) groups is 1. The van der Waals surface area contributed by atoms with Crippen LogP contribution in [0.4, 0.5) is 5.95 Å². The van der Waals surface area contributed by atoms with Gasteiger partial charge in [0.15, 0.2) is 11.2 Å². The standard InChI is InChI=1S/C21H35N6O4P/c1-9-15-17(31-32(8)27(11(2)3)12(4)5)13(6)20(30-15)26-10-22-16-18(26)24-21(23-14(7)28)25-19(16)29/h10-13,15,17,20H,9H2,1-8H3,(H2,23,24,25,28,29). The van der Waals surface area contributed by atoms with Crippen LogP contribution < -0.4 is 10.9 Å². The zero-order valence-electron chi connectivity index (χ0n) is 20.1. The first-order chi connectivity index (χ1) is 15.0. The Morgan fingerprint density at radius 1 is 1.38 bits per heavy atom. The number of fused-ring (bicyclic) bond motifs is 1. The molecule has 2 aromatic heterocycles. The largest absolute Gasteiger partial charge is 0.352 e. The summed E-state index contributed by atoms with van der Waals surface area (Å²) in [4.78, 5) is 35.1. The van der Waals surface area contributed by atoms with Gasteiger partial charge in [0.1, 0.15) is 14.5 Å². The highest BCUT2D eigenvalue weighted by atomic mass is 31.2. The molecule has 32 heavy (non-hydrogen) atoms. The van der Waals surface area contributed by atoms with Crippen LogP contribution in [0.1, 0.15) is 61.1 Å². The molecule has 0 spiro atoms. The molecule has 5 atom stereocenters. The van der Waals surface area contributed by atoms with Gasteiger partial charge in [0.25, 0.3) is 5.56 Å². The van der Waals surface area contributed by atoms with Crippen molar-refractivity contribution < 1.29 is 14.1 Å². The van der Waals surface area contributed by atoms with Crippen LogP contribution in [-0.4, -0.2) is 61.1 Å². The summed E-state index contributed by atoms with van der Waals surface area (Å²) in [5, 5.41) is 2.53. The minimum atomic E-state index is -0.814. The lowest BCUT2D eigenvalue weighted by Crippen LogP contribution is -2.36. The molecule has 0 aromatic carbocycles. The van der Waals surface area contributed by atoms with Gasteiger partial charge in [0.2, 0.25) is 11.9 Å². The van der Waals surface area contributed by atoms with Crippen molar-refractivity contribution in [3.8, 4) is 0 Å². The third-order valence-corrected chi connectivity index (χ3v) is 7.83. The van der Waals surface area contributed by atoms with Crippen LogP contribution in [0.25, 0.3) is 11.2 Å². The Kier molecular flexibility index (Phi) is 7.70. The van der Waals surface area contributed by atoms with Crippen LogP contribution in [0.5, 0.6) is 0 Å². The van der Waals surface area contributed by atoms with Gasteiger partial charge in [0.05, 0.1) is 18.5 Å². The number of rotatable bonds is 8. The van der Waals surface area contributed by atoms with Gasteiger partial charge >= 0.3 is 0 Å². The monoisotopic (exact) mass is 466 g/mol. The first-order valence-electron chi connectivity index (χ1n) is 11.1. The second kappa shape index (κ2) is 9.95. The molecule has 3 rings (SSSR count). The Hall–Kier alpha value is -1.87. The summed E-state index contributed by atoms with van der Waals surface area (Å²) < 4.78 is 17.2. The number of hydrogen-bond donors (Lipinski definition) is 2. The number of nitrogens with zero attached hydrogens (tertiary/aromatic N) is 4. The maximum atomic E-state index is 12.4. The second-order valence-corrected chi connectivity index (χ2v) is 10.5. The van der Waals surface area contributed by atoms with E-state index in [-0.39, 0.29) is 41.7 Å². The van der Waals surface area contributed by atoms with E-state index in [0.29, 0.717) is 17.7 Å². The summed E-state index contributed by atoms with van der Waals surface area (Å²) in [5.41, 5.74) is 0.162. The van der Waals surface area contributed by atoms with Crippen molar-refractivity contribution in [2.24, 2.45) is 5.92 Å². The van der Waals surface area contributed by atoms with Crippen molar-refractivity contribution in [3.63, 3.8) is 0 Å². The second-order valence-electron chi connectivity index (χ2n) is 8.85. The van der Waals surface area contributed by atoms with Crippen LogP contribution in [0.2, 0.25) is 0 Å². The van der Waals surface area contributed by atoms with E-state index < -0.39 is 13.9 Å². The maximum absolute atomic E-state index is 12.4. The zero-order valence-corrected chi connectivity index (χ0v) is 21.0. The fourth-order valence-electron chi connectivity index (χ4n) is 4.51. The summed E-state index contributed by atoms with van der Waals surface area (Å²) in [6.45, 7) is 16.4. The Bertz CT molecular complexity index is 998. The molecule has 2 N–H and O–H groups in total. The highest BCUT2D eigenvalue weighted by Crippen LogP contribution is 2.48. The lowest BCUT2D eigenvalue weighted by atomic mass is 10.0. The first-order valence-corrected chi connectivity index (χ1v) is 12.8. The van der Waals surface area contributed by atoms with Gasteiger partial charge in [0, 0.05) is 24.9 Å². The quantitative estimate of drug-likeness (QED) is 0.573. The number of ether oxygens (including phenoxy) is 1. The summed E-state index contributed by atoms with van der Waals surface area (Å²) in [6.07, 6.45) is 1.80. The fraction of sp³-hybridized carbons (Fsp3) is 0.714. The molecule has 0 saturated carbocycles. The van der Waals surface area contributed by atoms with Crippen LogP contribution in [0, 0.1) is 5.92 Å². The van der Waals surface area contributed by atoms with E-state index in [9.17, 15) is 9.59 Å². The van der Waals surface area contributed by atoms with Crippen LogP contribution in [0.15, 0.2) is 11.1 Å². The number of nitrogens with one attached hydrogen (secondary N) is 2. The third kappa shape index (κ3) is 4.88. The number of H-pyrrole nitrogens is 1. The Balaban J connectivity index is 1.91. The SMILES string of the molecule is CCC1OC(n2cnc3c(=O)[nH]c(NC(C)=O)nc32)C(C)C1OP(C)N(C(C)C)C(C)C. The lowest BCUT2D eigenvalue weighted by Gasteiger charge is -2.37. The Morgan fingerprint density at radius 3 is 2.59 bits per heavy atom. The number of hydrogen-bond acceptors (Lipinski definition) is 7. The average Bonchev–Trinajstić information content (AvgIpc) is 3.22. The van der Waals surface area contributed by atoms with Gasteiger partial charge in [-0.3, -0.25) is 29.1 Å². The molecule has 1 aliphatic rings. The molecule has 5 unspecified atom stereocenters. The van der Waals surface area contributed by atoms with Gasteiger partial charge in [-0.15, -0.1) is 0 Å². The molecule has 3 heterocycles. The molecule has 178 valence electrons. The number of aromatic amines is 1. The van der Waals surface area contributed by atoms with E-state index >= 15 is 0 Å². The van der Waals surface area contributed by atoms with Crippen LogP contribution >= 0.6 is 8.30 Å². The van der Waals surface area contributed by atoms with E-state index in [1.807, 2.05) is 0 Å². The molecular formula is C21H35N6O4P. The Morgan fingerprint density at radius 2 is 2.03 bits per heavy atom. The normalized spacial score (nSPS) is 24.7. The molecule has 2 aromatic rings. The van der Waals surface area contributed by atoms with Gasteiger partial charge in [-0.2, -0.15) is 4.98 Å². The highest BCUT2D eigenvalue weighted by molar-refractivity contribution is 7.49. The molecular weight excluding hydrogens is 431 g/mol. The molecule has 1 aliphatic heterocycles. The summed E-state index contributed by atoms with van der Waals surface area (Å²) in [7, 11) is -0.814. The summed E-state index contributed by atoms with van der Waals surface area (Å²) in [6, 6.07) is 0.751. The van der Waals surface area contributed by atoms with E-state index in [1.165, 1.54) is 6.92 Å². The van der Waals surface area contributed by atoms with Gasteiger partial charge in [-0.25, -0.2) is 4.98 Å². The first kappa shape index (κ1) is 24.8. The zero-order chi connectivity index (χ0) is 23.7. The predicted molar refractivity (Wildman–Crippen MR) is 126 cm³/mol. The number of imidazole rings is 1. The molecule has 11 heteroatoms. The molecule has 1 saturated heterocycles. The minimum absolute atomic E-state index is 0.00813. The lowest BCUT2D eigenvalue weighted by molar-refractivity contribution is -0.114. The molecule has 1 fully saturated rings. The number of carbonyl (C=O) groups excluding carboxylic acids is 1. The molecule has 0 bridgehead atoms. The molecule has 0 aliphatic carbocycles. The predicted octanol–water partition coefficient (Wildman–Crippen LogP) is 3.47. The van der Waals surface area contributed by atoms with E-state index in [1.54, 1.807) is 10.9 Å². The Labute approximate surface area is 190 Å². The third-order valence-electron chi connectivity index (χ3n) is 5.71. The van der Waals surface area contributed by atoms with E-state index in [2.05, 4.69) is 73.1 Å². The topological polar surface area (TPSA) is 114 Å². The smallest absolute Gasteiger partial charge is 0.280 e. The minimum Gasteiger partial charge on any atom is -0.352 e. The fourth-order valence-corrected chi connectivity index (χ4v) is 6.60. The number of amides is 1. The van der Waals surface area contributed by atoms with Gasteiger partial charge < -0.3 is 9.26 Å². The summed E-state index contributed by atoms with van der Waals surface area (Å²) in [5.74, 6) is -0.225. The molecule has 1 amide bonds. The number of aromatic nitrogens is 4. The maximum Gasteiger partial charge on any atom is 0.280 e. The van der Waals surface area contributed by atoms with Crippen molar-refractivity contribution in [2.75, 3.05) is 12.0 Å². The summed E-state index contributed by atoms with van der Waals surface area (Å²) >= 11 is 0. The van der Waals surface area contributed by atoms with E-state index in [0.717, 1.165) is 6.42 Å². The van der Waals surface area contributed by atoms with E-state index in [4.69, 9.17) is 9.26 Å². The van der Waals surface area contributed by atoms with Crippen molar-refractivity contribution in [2.45, 2.75) is 85.4 Å². The molecule has 10 nitrogen and oxygen atoms in total. The van der Waals surface area contributed by atoms with Gasteiger partial charge in [-0.1, -0.05) is 13.8 Å². The van der Waals surface area contributed by atoms with Gasteiger partial charge in [-0.05, 0) is 40.8 Å². The van der Waals surface area contributed by atoms with Crippen molar-refractivity contribution in [1.29, 1.82) is 0 Å². The van der Waals surface area contributed by atoms with Crippen LogP contribution in [0.3, 0.4) is 0 Å². The molecule has 0 radical (unpaired) electrons. The van der Waals surface area contributed by atoms with Crippen molar-refractivity contribution in [1.82, 2.24) is 24.2 Å². The highest BCUT2D eigenvalue weighted by Gasteiger charge is 2.45. The van der Waals surface area contributed by atoms with Crippen molar-refractivity contribution in [3.05, 3.63) is 16.7 Å². The van der Waals surface area contributed by atoms with Crippen LogP contribution in [-0.2, 0) is 14.1 Å².